The molecule has 0 saturated carbocycles. The first kappa shape index (κ1) is 16.1. The summed E-state index contributed by atoms with van der Waals surface area (Å²) in [4.78, 5) is 0.261. The number of rotatable bonds is 7. The van der Waals surface area contributed by atoms with Crippen LogP contribution in [0.5, 0.6) is 0 Å². The van der Waals surface area contributed by atoms with Gasteiger partial charge in [0, 0.05) is 6.04 Å². The Morgan fingerprint density at radius 1 is 1.32 bits per heavy atom. The summed E-state index contributed by atoms with van der Waals surface area (Å²) in [6.45, 7) is 4.39. The summed E-state index contributed by atoms with van der Waals surface area (Å²) in [5.41, 5.74) is 0.905. The smallest absolute Gasteiger partial charge is 0.240 e. The minimum absolute atomic E-state index is 0.0331. The Morgan fingerprint density at radius 3 is 2.58 bits per heavy atom. The standard InChI is InChI=1S/C13H22N2O3S/c1-10(16)7-8-15-11(2)12-5-4-6-13(9-12)19(17,18)14-3/h4-6,9-11,14-16H,7-8H2,1-3H3. The second kappa shape index (κ2) is 7.00. The molecule has 1 aromatic rings. The number of aliphatic hydroxyl groups excluding tert-OH is 1. The monoisotopic (exact) mass is 286 g/mol. The molecule has 0 spiro atoms. The van der Waals surface area contributed by atoms with Gasteiger partial charge in [0.25, 0.3) is 0 Å². The van der Waals surface area contributed by atoms with Crippen LogP contribution in [-0.2, 0) is 10.0 Å². The first-order chi connectivity index (χ1) is 8.86. The molecule has 1 rings (SSSR count). The van der Waals surface area contributed by atoms with Crippen molar-refractivity contribution in [3.63, 3.8) is 0 Å². The first-order valence-corrected chi connectivity index (χ1v) is 7.80. The average Bonchev–Trinajstić information content (AvgIpc) is 2.38. The molecule has 0 aliphatic heterocycles. The van der Waals surface area contributed by atoms with Crippen LogP contribution in [0.2, 0.25) is 0 Å². The molecular formula is C13H22N2O3S. The molecule has 1 aromatic carbocycles. The molecule has 0 aliphatic rings. The summed E-state index contributed by atoms with van der Waals surface area (Å²) < 4.78 is 25.7. The van der Waals surface area contributed by atoms with Gasteiger partial charge in [-0.1, -0.05) is 12.1 Å². The minimum Gasteiger partial charge on any atom is -0.393 e. The molecule has 2 unspecified atom stereocenters. The summed E-state index contributed by atoms with van der Waals surface area (Å²) in [6.07, 6.45) is 0.328. The molecule has 6 heteroatoms. The molecule has 0 radical (unpaired) electrons. The Balaban J connectivity index is 2.76. The van der Waals surface area contributed by atoms with Crippen LogP contribution < -0.4 is 10.0 Å². The molecule has 19 heavy (non-hydrogen) atoms. The van der Waals surface area contributed by atoms with Gasteiger partial charge in [-0.2, -0.15) is 0 Å². The molecule has 108 valence electrons. The zero-order valence-electron chi connectivity index (χ0n) is 11.6. The number of sulfonamides is 1. The van der Waals surface area contributed by atoms with E-state index in [-0.39, 0.29) is 17.0 Å². The number of benzene rings is 1. The third-order valence-electron chi connectivity index (χ3n) is 2.95. The maximum Gasteiger partial charge on any atom is 0.240 e. The zero-order chi connectivity index (χ0) is 14.5. The van der Waals surface area contributed by atoms with Gasteiger partial charge in [-0.3, -0.25) is 0 Å². The fourth-order valence-corrected chi connectivity index (χ4v) is 2.48. The van der Waals surface area contributed by atoms with E-state index in [1.165, 1.54) is 7.05 Å². The highest BCUT2D eigenvalue weighted by Crippen LogP contribution is 2.17. The number of aliphatic hydroxyl groups is 1. The summed E-state index contributed by atoms with van der Waals surface area (Å²) in [6, 6.07) is 6.87. The van der Waals surface area contributed by atoms with Gasteiger partial charge < -0.3 is 10.4 Å². The number of hydrogen-bond donors (Lipinski definition) is 3. The lowest BCUT2D eigenvalue weighted by Gasteiger charge is -2.16. The Bertz CT molecular complexity index is 500. The molecule has 0 amide bonds. The van der Waals surface area contributed by atoms with Gasteiger partial charge in [0.05, 0.1) is 11.0 Å². The van der Waals surface area contributed by atoms with Crippen molar-refractivity contribution in [2.24, 2.45) is 0 Å². The SMILES string of the molecule is CNS(=O)(=O)c1cccc(C(C)NCCC(C)O)c1. The highest BCUT2D eigenvalue weighted by Gasteiger charge is 2.13. The third kappa shape index (κ3) is 4.91. The molecule has 0 saturated heterocycles. The lowest BCUT2D eigenvalue weighted by atomic mass is 10.1. The molecule has 5 nitrogen and oxygen atoms in total. The van der Waals surface area contributed by atoms with E-state index in [1.54, 1.807) is 25.1 Å². The van der Waals surface area contributed by atoms with Crippen molar-refractivity contribution in [2.45, 2.75) is 37.3 Å². The molecule has 0 bridgehead atoms. The van der Waals surface area contributed by atoms with E-state index in [0.717, 1.165) is 5.56 Å². The maximum absolute atomic E-state index is 11.7. The van der Waals surface area contributed by atoms with Gasteiger partial charge in [-0.15, -0.1) is 0 Å². The quantitative estimate of drug-likeness (QED) is 0.699. The van der Waals surface area contributed by atoms with E-state index in [2.05, 4.69) is 10.0 Å². The van der Waals surface area contributed by atoms with Gasteiger partial charge in [-0.25, -0.2) is 13.1 Å². The fraction of sp³-hybridized carbons (Fsp3) is 0.538. The molecule has 0 aliphatic carbocycles. The van der Waals surface area contributed by atoms with Crippen molar-refractivity contribution >= 4 is 10.0 Å². The Hall–Kier alpha value is -0.950. The van der Waals surface area contributed by atoms with E-state index < -0.39 is 10.0 Å². The van der Waals surface area contributed by atoms with Crippen LogP contribution in [0.1, 0.15) is 31.9 Å². The van der Waals surface area contributed by atoms with Crippen LogP contribution in [0.3, 0.4) is 0 Å². The van der Waals surface area contributed by atoms with Crippen LogP contribution in [0.25, 0.3) is 0 Å². The van der Waals surface area contributed by atoms with Crippen molar-refractivity contribution in [1.82, 2.24) is 10.0 Å². The van der Waals surface area contributed by atoms with Crippen molar-refractivity contribution < 1.29 is 13.5 Å². The van der Waals surface area contributed by atoms with E-state index in [1.807, 2.05) is 13.0 Å². The van der Waals surface area contributed by atoms with Crippen LogP contribution >= 0.6 is 0 Å². The number of nitrogens with one attached hydrogen (secondary N) is 2. The zero-order valence-corrected chi connectivity index (χ0v) is 12.4. The largest absolute Gasteiger partial charge is 0.393 e. The molecule has 0 fully saturated rings. The maximum atomic E-state index is 11.7. The van der Waals surface area contributed by atoms with Crippen molar-refractivity contribution in [3.05, 3.63) is 29.8 Å². The Labute approximate surface area is 115 Å². The van der Waals surface area contributed by atoms with Crippen LogP contribution in [0.15, 0.2) is 29.2 Å². The highest BCUT2D eigenvalue weighted by atomic mass is 32.2. The second-order valence-electron chi connectivity index (χ2n) is 4.59. The van der Waals surface area contributed by atoms with Crippen molar-refractivity contribution in [3.8, 4) is 0 Å². The van der Waals surface area contributed by atoms with Crippen molar-refractivity contribution in [2.75, 3.05) is 13.6 Å². The van der Waals surface area contributed by atoms with Gasteiger partial charge >= 0.3 is 0 Å². The summed E-state index contributed by atoms with van der Waals surface area (Å²) >= 11 is 0. The normalized spacial score (nSPS) is 15.2. The molecule has 0 aromatic heterocycles. The van der Waals surface area contributed by atoms with E-state index >= 15 is 0 Å². The van der Waals surface area contributed by atoms with E-state index in [4.69, 9.17) is 0 Å². The fourth-order valence-electron chi connectivity index (χ4n) is 1.70. The summed E-state index contributed by atoms with van der Waals surface area (Å²) in [5.74, 6) is 0. The third-order valence-corrected chi connectivity index (χ3v) is 4.36. The number of hydrogen-bond acceptors (Lipinski definition) is 4. The molecule has 2 atom stereocenters. The molecule has 3 N–H and O–H groups in total. The summed E-state index contributed by atoms with van der Waals surface area (Å²) in [7, 11) is -2.01. The topological polar surface area (TPSA) is 78.4 Å². The average molecular weight is 286 g/mol. The van der Waals surface area contributed by atoms with Crippen LogP contribution in [0, 0.1) is 0 Å². The van der Waals surface area contributed by atoms with Gasteiger partial charge in [-0.05, 0) is 51.6 Å². The van der Waals surface area contributed by atoms with E-state index in [0.29, 0.717) is 13.0 Å². The molecular weight excluding hydrogens is 264 g/mol. The molecule has 0 heterocycles. The lowest BCUT2D eigenvalue weighted by Crippen LogP contribution is -2.23. The predicted octanol–water partition coefficient (Wildman–Crippen LogP) is 1.02. The second-order valence-corrected chi connectivity index (χ2v) is 6.48. The van der Waals surface area contributed by atoms with Crippen LogP contribution in [-0.4, -0.2) is 33.2 Å². The van der Waals surface area contributed by atoms with E-state index in [9.17, 15) is 13.5 Å². The predicted molar refractivity (Wildman–Crippen MR) is 75.4 cm³/mol. The van der Waals surface area contributed by atoms with Gasteiger partial charge in [0.2, 0.25) is 10.0 Å². The summed E-state index contributed by atoms with van der Waals surface area (Å²) in [5, 5.41) is 12.4. The minimum atomic E-state index is -3.41. The lowest BCUT2D eigenvalue weighted by molar-refractivity contribution is 0.182. The van der Waals surface area contributed by atoms with Crippen molar-refractivity contribution in [1.29, 1.82) is 0 Å². The van der Waals surface area contributed by atoms with Gasteiger partial charge in [0.1, 0.15) is 0 Å². The first-order valence-electron chi connectivity index (χ1n) is 6.32. The van der Waals surface area contributed by atoms with Crippen LogP contribution in [0.4, 0.5) is 0 Å². The highest BCUT2D eigenvalue weighted by molar-refractivity contribution is 7.89. The Kier molecular flexibility index (Phi) is 5.93. The van der Waals surface area contributed by atoms with Gasteiger partial charge in [0.15, 0.2) is 0 Å². The Morgan fingerprint density at radius 2 is 2.00 bits per heavy atom.